The van der Waals surface area contributed by atoms with Gasteiger partial charge < -0.3 is 9.01 Å². The second-order valence-corrected chi connectivity index (χ2v) is 10.6. The van der Waals surface area contributed by atoms with Gasteiger partial charge in [-0.15, -0.1) is 0 Å². The number of benzene rings is 2. The van der Waals surface area contributed by atoms with E-state index < -0.39 is 11.9 Å². The van der Waals surface area contributed by atoms with E-state index in [1.807, 2.05) is 43.3 Å². The molecular formula is C20H28Cl3NO3P+. The third kappa shape index (κ3) is 10.3. The summed E-state index contributed by atoms with van der Waals surface area (Å²) < 4.78 is 24.2. The largest absolute Gasteiger partial charge is 0.361 e. The highest BCUT2D eigenvalue weighted by Crippen LogP contribution is 2.46. The van der Waals surface area contributed by atoms with Crippen molar-refractivity contribution in [1.82, 2.24) is 0 Å². The average molecular weight is 468 g/mol. The quantitative estimate of drug-likeness (QED) is 0.265. The molecule has 0 saturated heterocycles. The topological polar surface area (TPSA) is 35.5 Å². The number of likely N-dealkylation sites (N-methyl/N-ethyl adjacent to an activating group) is 1. The van der Waals surface area contributed by atoms with Crippen LogP contribution in [-0.4, -0.2) is 42.6 Å². The molecule has 4 nitrogen and oxygen atoms in total. The Bertz CT molecular complexity index is 712. The van der Waals surface area contributed by atoms with Crippen molar-refractivity contribution in [3.8, 4) is 0 Å². The molecule has 0 N–H and O–H groups in total. The number of hydrogen-bond donors (Lipinski definition) is 0. The summed E-state index contributed by atoms with van der Waals surface area (Å²) in [6.45, 7) is 4.21. The minimum atomic E-state index is -3.25. The molecule has 0 saturated carbocycles. The SMILES string of the molecule is CCOP(=O)(OCC[N+](C)(C)Cc1ccccc1)c1ccccc1.ClC(Cl)Cl. The lowest BCUT2D eigenvalue weighted by Gasteiger charge is -2.30. The van der Waals surface area contributed by atoms with Crippen LogP contribution in [0.25, 0.3) is 0 Å². The second-order valence-electron chi connectivity index (χ2n) is 6.63. The molecule has 0 heterocycles. The van der Waals surface area contributed by atoms with Crippen molar-refractivity contribution in [1.29, 1.82) is 0 Å². The van der Waals surface area contributed by atoms with E-state index >= 15 is 0 Å². The van der Waals surface area contributed by atoms with Gasteiger partial charge in [-0.05, 0) is 19.1 Å². The minimum Gasteiger partial charge on any atom is -0.323 e. The van der Waals surface area contributed by atoms with E-state index in [1.54, 1.807) is 12.1 Å². The van der Waals surface area contributed by atoms with E-state index in [1.165, 1.54) is 5.56 Å². The van der Waals surface area contributed by atoms with Crippen molar-refractivity contribution in [3.05, 3.63) is 66.2 Å². The molecule has 0 aliphatic carbocycles. The maximum atomic E-state index is 13.0. The van der Waals surface area contributed by atoms with E-state index in [0.29, 0.717) is 18.5 Å². The number of rotatable bonds is 9. The van der Waals surface area contributed by atoms with Crippen molar-refractivity contribution in [2.24, 2.45) is 0 Å². The maximum Gasteiger partial charge on any atom is 0.361 e. The molecular weight excluding hydrogens is 440 g/mol. The summed E-state index contributed by atoms with van der Waals surface area (Å²) in [4.78, 5) is 0. The maximum absolute atomic E-state index is 13.0. The third-order valence-corrected chi connectivity index (χ3v) is 5.83. The molecule has 2 aromatic rings. The first-order valence-electron chi connectivity index (χ1n) is 8.91. The Labute approximate surface area is 183 Å². The van der Waals surface area contributed by atoms with E-state index in [0.717, 1.165) is 17.6 Å². The summed E-state index contributed by atoms with van der Waals surface area (Å²) in [5, 5.41) is 0.611. The van der Waals surface area contributed by atoms with Gasteiger partial charge in [0, 0.05) is 5.56 Å². The van der Waals surface area contributed by atoms with Crippen molar-refractivity contribution in [3.63, 3.8) is 0 Å². The van der Waals surface area contributed by atoms with Crippen LogP contribution in [0.4, 0.5) is 0 Å². The Morgan fingerprint density at radius 1 is 0.929 bits per heavy atom. The van der Waals surface area contributed by atoms with E-state index in [4.69, 9.17) is 43.9 Å². The van der Waals surface area contributed by atoms with Crippen LogP contribution in [0.15, 0.2) is 60.7 Å². The zero-order chi connectivity index (χ0) is 21.0. The summed E-state index contributed by atoms with van der Waals surface area (Å²) in [6.07, 6.45) is 0. The Kier molecular flexibility index (Phi) is 11.7. The van der Waals surface area contributed by atoms with Gasteiger partial charge in [-0.3, -0.25) is 9.09 Å². The van der Waals surface area contributed by atoms with Crippen LogP contribution in [0.2, 0.25) is 0 Å². The van der Waals surface area contributed by atoms with Crippen LogP contribution >= 0.6 is 42.4 Å². The molecule has 0 bridgehead atoms. The van der Waals surface area contributed by atoms with Gasteiger partial charge in [-0.2, -0.15) is 0 Å². The first-order valence-corrected chi connectivity index (χ1v) is 11.8. The number of hydrogen-bond acceptors (Lipinski definition) is 3. The predicted octanol–water partition coefficient (Wildman–Crippen LogP) is 5.82. The highest BCUT2D eigenvalue weighted by Gasteiger charge is 2.28. The molecule has 28 heavy (non-hydrogen) atoms. The number of halogens is 3. The molecule has 0 aromatic heterocycles. The van der Waals surface area contributed by atoms with Crippen molar-refractivity contribution in [2.75, 3.05) is 33.9 Å². The van der Waals surface area contributed by atoms with Gasteiger partial charge in [0.1, 0.15) is 19.7 Å². The molecule has 0 aliphatic rings. The van der Waals surface area contributed by atoms with Gasteiger partial charge >= 0.3 is 7.60 Å². The Hall–Kier alpha value is -0.580. The van der Waals surface area contributed by atoms with Gasteiger partial charge in [-0.1, -0.05) is 83.3 Å². The highest BCUT2D eigenvalue weighted by atomic mass is 35.6. The lowest BCUT2D eigenvalue weighted by atomic mass is 10.2. The highest BCUT2D eigenvalue weighted by molar-refractivity contribution is 7.62. The molecule has 1 unspecified atom stereocenters. The average Bonchev–Trinajstić information content (AvgIpc) is 2.62. The summed E-state index contributed by atoms with van der Waals surface area (Å²) in [5.41, 5.74) is 1.28. The lowest BCUT2D eigenvalue weighted by molar-refractivity contribution is -0.903. The van der Waals surface area contributed by atoms with Crippen molar-refractivity contribution in [2.45, 2.75) is 17.8 Å². The summed E-state index contributed by atoms with van der Waals surface area (Å²) in [7, 11) is 1.04. The van der Waals surface area contributed by atoms with Crippen molar-refractivity contribution >= 4 is 47.7 Å². The minimum absolute atomic E-state index is 0.356. The van der Waals surface area contributed by atoms with Gasteiger partial charge in [0.25, 0.3) is 0 Å². The lowest BCUT2D eigenvalue weighted by Crippen LogP contribution is -2.41. The van der Waals surface area contributed by atoms with Gasteiger partial charge in [0.05, 0.1) is 26.0 Å². The first kappa shape index (κ1) is 25.5. The number of nitrogens with zero attached hydrogens (tertiary/aromatic N) is 1. The summed E-state index contributed by atoms with van der Waals surface area (Å²) in [6, 6.07) is 19.5. The van der Waals surface area contributed by atoms with E-state index in [2.05, 4.69) is 26.2 Å². The summed E-state index contributed by atoms with van der Waals surface area (Å²) >= 11 is 14.4. The van der Waals surface area contributed by atoms with Crippen molar-refractivity contribution < 1.29 is 18.1 Å². The van der Waals surface area contributed by atoms with Gasteiger partial charge in [0.2, 0.25) is 0 Å². The molecule has 1 atom stereocenters. The first-order chi connectivity index (χ1) is 13.2. The molecule has 2 aromatic carbocycles. The molecule has 0 fully saturated rings. The molecule has 8 heteroatoms. The van der Waals surface area contributed by atoms with Gasteiger partial charge in [0.15, 0.2) is 4.30 Å². The Morgan fingerprint density at radius 2 is 1.43 bits per heavy atom. The van der Waals surface area contributed by atoms with Crippen LogP contribution in [0.5, 0.6) is 0 Å². The molecule has 156 valence electrons. The smallest absolute Gasteiger partial charge is 0.323 e. The van der Waals surface area contributed by atoms with Crippen LogP contribution < -0.4 is 5.30 Å². The Morgan fingerprint density at radius 3 is 1.93 bits per heavy atom. The Balaban J connectivity index is 0.000000892. The van der Waals surface area contributed by atoms with E-state index in [9.17, 15) is 4.57 Å². The fourth-order valence-corrected chi connectivity index (χ4v) is 4.10. The predicted molar refractivity (Wildman–Crippen MR) is 120 cm³/mol. The molecule has 0 spiro atoms. The van der Waals surface area contributed by atoms with Gasteiger partial charge in [-0.25, -0.2) is 0 Å². The second kappa shape index (κ2) is 12.9. The normalized spacial score (nSPS) is 13.5. The fraction of sp³-hybridized carbons (Fsp3) is 0.400. The van der Waals surface area contributed by atoms with Crippen LogP contribution in [0.1, 0.15) is 12.5 Å². The van der Waals surface area contributed by atoms with Crippen LogP contribution in [0.3, 0.4) is 0 Å². The zero-order valence-electron chi connectivity index (χ0n) is 16.4. The summed E-state index contributed by atoms with van der Waals surface area (Å²) in [5.74, 6) is 0. The third-order valence-electron chi connectivity index (χ3n) is 3.78. The van der Waals surface area contributed by atoms with E-state index in [-0.39, 0.29) is 0 Å². The fourth-order valence-electron chi connectivity index (χ4n) is 2.53. The van der Waals surface area contributed by atoms with Crippen LogP contribution in [-0.2, 0) is 20.2 Å². The molecule has 0 aliphatic heterocycles. The molecule has 0 amide bonds. The monoisotopic (exact) mass is 466 g/mol. The number of quaternary nitrogens is 1. The molecule has 2 rings (SSSR count). The molecule has 0 radical (unpaired) electrons. The van der Waals surface area contributed by atoms with Crippen LogP contribution in [0, 0.1) is 0 Å². The zero-order valence-corrected chi connectivity index (χ0v) is 19.6. The standard InChI is InChI=1S/C19H27NO3P.CHCl3/c1-4-22-24(21,19-13-9-6-10-14-19)23-16-15-20(2,3)17-18-11-7-5-8-12-18;2-1(3)4/h5-14H,4,15-17H2,1-3H3;1H/q+1;. The number of alkyl halides is 3.